The fraction of sp³-hybridized carbons (Fsp3) is 0.667. The fourth-order valence-corrected chi connectivity index (χ4v) is 3.26. The highest BCUT2D eigenvalue weighted by Crippen LogP contribution is 2.41. The lowest BCUT2D eigenvalue weighted by Crippen LogP contribution is -2.41. The van der Waals surface area contributed by atoms with Gasteiger partial charge < -0.3 is 29.2 Å². The first-order chi connectivity index (χ1) is 11.6. The van der Waals surface area contributed by atoms with Gasteiger partial charge in [-0.05, 0) is 50.5 Å². The standard InChI is InChI=1S/C18H28N2O4/c1-18(6-8-20(2)9-7-18)11-19-10-14-15(22-12-21-3)4-5-16-17(14)24-13-23-16/h4-5,19H,6-13H2,1-3H3. The SMILES string of the molecule is COCOc1ccc2c(c1CNCC1(C)CCN(C)CC1)OCO2. The van der Waals surface area contributed by atoms with Crippen LogP contribution in [0.3, 0.4) is 0 Å². The molecule has 0 aromatic heterocycles. The van der Waals surface area contributed by atoms with Crippen LogP contribution in [0.15, 0.2) is 12.1 Å². The maximum Gasteiger partial charge on any atom is 0.231 e. The van der Waals surface area contributed by atoms with Crippen molar-refractivity contribution in [3.63, 3.8) is 0 Å². The molecule has 1 aromatic carbocycles. The lowest BCUT2D eigenvalue weighted by atomic mass is 9.80. The zero-order chi connectivity index (χ0) is 17.0. The summed E-state index contributed by atoms with van der Waals surface area (Å²) in [5, 5.41) is 3.60. The highest BCUT2D eigenvalue weighted by Gasteiger charge is 2.29. The van der Waals surface area contributed by atoms with E-state index in [1.54, 1.807) is 7.11 Å². The molecule has 6 nitrogen and oxygen atoms in total. The third-order valence-electron chi connectivity index (χ3n) is 4.98. The number of rotatable bonds is 7. The summed E-state index contributed by atoms with van der Waals surface area (Å²) >= 11 is 0. The first-order valence-electron chi connectivity index (χ1n) is 8.54. The van der Waals surface area contributed by atoms with Gasteiger partial charge in [-0.1, -0.05) is 6.92 Å². The topological polar surface area (TPSA) is 52.2 Å². The fourth-order valence-electron chi connectivity index (χ4n) is 3.26. The molecule has 6 heteroatoms. The van der Waals surface area contributed by atoms with E-state index in [0.29, 0.717) is 12.0 Å². The quantitative estimate of drug-likeness (QED) is 0.771. The van der Waals surface area contributed by atoms with Crippen LogP contribution in [0.2, 0.25) is 0 Å². The van der Waals surface area contributed by atoms with Crippen molar-refractivity contribution < 1.29 is 18.9 Å². The van der Waals surface area contributed by atoms with Crippen LogP contribution in [-0.2, 0) is 11.3 Å². The van der Waals surface area contributed by atoms with Crippen molar-refractivity contribution in [2.24, 2.45) is 5.41 Å². The molecule has 2 aliphatic rings. The molecule has 0 unspecified atom stereocenters. The number of hydrogen-bond acceptors (Lipinski definition) is 6. The lowest BCUT2D eigenvalue weighted by Gasteiger charge is -2.38. The van der Waals surface area contributed by atoms with E-state index in [1.807, 2.05) is 12.1 Å². The summed E-state index contributed by atoms with van der Waals surface area (Å²) in [6, 6.07) is 3.80. The Kier molecular flexibility index (Phi) is 5.48. The van der Waals surface area contributed by atoms with Crippen LogP contribution in [0, 0.1) is 5.41 Å². The van der Waals surface area contributed by atoms with Gasteiger partial charge in [-0.25, -0.2) is 0 Å². The Labute approximate surface area is 144 Å². The summed E-state index contributed by atoms with van der Waals surface area (Å²) in [7, 11) is 3.81. The van der Waals surface area contributed by atoms with E-state index in [4.69, 9.17) is 18.9 Å². The smallest absolute Gasteiger partial charge is 0.231 e. The predicted octanol–water partition coefficient (Wildman–Crippen LogP) is 2.22. The van der Waals surface area contributed by atoms with Crippen molar-refractivity contribution in [1.29, 1.82) is 0 Å². The summed E-state index contributed by atoms with van der Waals surface area (Å²) in [6.45, 7) is 6.85. The molecule has 24 heavy (non-hydrogen) atoms. The molecule has 0 spiro atoms. The minimum Gasteiger partial charge on any atom is -0.467 e. The Hall–Kier alpha value is -1.50. The van der Waals surface area contributed by atoms with Crippen molar-refractivity contribution in [1.82, 2.24) is 10.2 Å². The summed E-state index contributed by atoms with van der Waals surface area (Å²) < 4.78 is 21.8. The van der Waals surface area contributed by atoms with Gasteiger partial charge in [0.15, 0.2) is 18.3 Å². The van der Waals surface area contributed by atoms with E-state index in [9.17, 15) is 0 Å². The number of nitrogens with one attached hydrogen (secondary N) is 1. The maximum atomic E-state index is 5.69. The Morgan fingerprint density at radius 2 is 2.04 bits per heavy atom. The number of hydrogen-bond donors (Lipinski definition) is 1. The first kappa shape index (κ1) is 17.3. The van der Waals surface area contributed by atoms with Gasteiger partial charge in [-0.2, -0.15) is 0 Å². The zero-order valence-electron chi connectivity index (χ0n) is 14.9. The molecular weight excluding hydrogens is 308 g/mol. The van der Waals surface area contributed by atoms with E-state index in [2.05, 4.69) is 24.2 Å². The number of nitrogens with zero attached hydrogens (tertiary/aromatic N) is 1. The number of methoxy groups -OCH3 is 1. The van der Waals surface area contributed by atoms with Gasteiger partial charge in [0.25, 0.3) is 0 Å². The monoisotopic (exact) mass is 336 g/mol. The molecule has 0 aliphatic carbocycles. The molecule has 0 saturated carbocycles. The average molecular weight is 336 g/mol. The van der Waals surface area contributed by atoms with Crippen molar-refractivity contribution in [3.8, 4) is 17.2 Å². The van der Waals surface area contributed by atoms with Crippen molar-refractivity contribution in [2.45, 2.75) is 26.3 Å². The minimum absolute atomic E-state index is 0.219. The largest absolute Gasteiger partial charge is 0.467 e. The highest BCUT2D eigenvalue weighted by molar-refractivity contribution is 5.55. The normalized spacial score (nSPS) is 19.5. The number of benzene rings is 1. The van der Waals surface area contributed by atoms with E-state index >= 15 is 0 Å². The molecule has 1 aromatic rings. The number of likely N-dealkylation sites (tertiary alicyclic amines) is 1. The van der Waals surface area contributed by atoms with Crippen LogP contribution in [0.5, 0.6) is 17.2 Å². The van der Waals surface area contributed by atoms with Gasteiger partial charge >= 0.3 is 0 Å². The van der Waals surface area contributed by atoms with Gasteiger partial charge in [-0.15, -0.1) is 0 Å². The van der Waals surface area contributed by atoms with E-state index < -0.39 is 0 Å². The molecule has 0 atom stereocenters. The van der Waals surface area contributed by atoms with Crippen LogP contribution in [0.4, 0.5) is 0 Å². The molecule has 2 heterocycles. The van der Waals surface area contributed by atoms with Gasteiger partial charge in [0, 0.05) is 20.2 Å². The second kappa shape index (κ2) is 7.59. The van der Waals surface area contributed by atoms with Gasteiger partial charge in [0.2, 0.25) is 6.79 Å². The van der Waals surface area contributed by atoms with Gasteiger partial charge in [0.1, 0.15) is 5.75 Å². The van der Waals surface area contributed by atoms with Crippen molar-refractivity contribution in [3.05, 3.63) is 17.7 Å². The van der Waals surface area contributed by atoms with Gasteiger partial charge in [0.05, 0.1) is 5.56 Å². The summed E-state index contributed by atoms with van der Waals surface area (Å²) in [5.41, 5.74) is 1.34. The summed E-state index contributed by atoms with van der Waals surface area (Å²) in [6.07, 6.45) is 2.44. The molecule has 1 saturated heterocycles. The molecule has 1 fully saturated rings. The van der Waals surface area contributed by atoms with Crippen molar-refractivity contribution >= 4 is 0 Å². The molecule has 134 valence electrons. The summed E-state index contributed by atoms with van der Waals surface area (Å²) in [4.78, 5) is 2.40. The Morgan fingerprint density at radius 1 is 1.25 bits per heavy atom. The number of fused-ring (bicyclic) bond motifs is 1. The minimum atomic E-state index is 0.219. The van der Waals surface area contributed by atoms with Crippen LogP contribution in [0.1, 0.15) is 25.3 Å². The Balaban J connectivity index is 1.64. The molecule has 2 aliphatic heterocycles. The van der Waals surface area contributed by atoms with E-state index in [-0.39, 0.29) is 13.6 Å². The Morgan fingerprint density at radius 3 is 2.79 bits per heavy atom. The number of piperidine rings is 1. The highest BCUT2D eigenvalue weighted by atomic mass is 16.7. The van der Waals surface area contributed by atoms with Crippen molar-refractivity contribution in [2.75, 3.05) is 47.4 Å². The van der Waals surface area contributed by atoms with Crippen LogP contribution >= 0.6 is 0 Å². The average Bonchev–Trinajstić information content (AvgIpc) is 3.06. The van der Waals surface area contributed by atoms with Crippen LogP contribution in [0.25, 0.3) is 0 Å². The van der Waals surface area contributed by atoms with Crippen LogP contribution in [-0.4, -0.2) is 52.3 Å². The summed E-state index contributed by atoms with van der Waals surface area (Å²) in [5.74, 6) is 2.34. The first-order valence-corrected chi connectivity index (χ1v) is 8.54. The third-order valence-corrected chi connectivity index (χ3v) is 4.98. The molecular formula is C18H28N2O4. The molecule has 1 N–H and O–H groups in total. The van der Waals surface area contributed by atoms with E-state index in [1.165, 1.54) is 12.8 Å². The molecule has 3 rings (SSSR count). The van der Waals surface area contributed by atoms with E-state index in [0.717, 1.165) is 42.4 Å². The number of ether oxygens (including phenoxy) is 4. The second-order valence-corrected chi connectivity index (χ2v) is 7.04. The lowest BCUT2D eigenvalue weighted by molar-refractivity contribution is 0.0501. The zero-order valence-corrected chi connectivity index (χ0v) is 14.9. The Bertz CT molecular complexity index is 556. The molecule has 0 bridgehead atoms. The van der Waals surface area contributed by atoms with Gasteiger partial charge in [-0.3, -0.25) is 0 Å². The van der Waals surface area contributed by atoms with Crippen LogP contribution < -0.4 is 19.5 Å². The second-order valence-electron chi connectivity index (χ2n) is 7.04. The molecule has 0 amide bonds. The predicted molar refractivity (Wildman–Crippen MR) is 91.6 cm³/mol. The third kappa shape index (κ3) is 3.94. The maximum absolute atomic E-state index is 5.69. The molecule has 0 radical (unpaired) electrons.